The van der Waals surface area contributed by atoms with Crippen LogP contribution in [0.3, 0.4) is 0 Å². The molecule has 2 nitrogen and oxygen atoms in total. The molecule has 1 heterocycles. The summed E-state index contributed by atoms with van der Waals surface area (Å²) >= 11 is 2.14. The van der Waals surface area contributed by atoms with Crippen molar-refractivity contribution in [1.29, 1.82) is 0 Å². The summed E-state index contributed by atoms with van der Waals surface area (Å²) in [6, 6.07) is 4.37. The molecule has 3 heteroatoms. The van der Waals surface area contributed by atoms with Gasteiger partial charge in [-0.15, -0.1) is 11.8 Å². The maximum Gasteiger partial charge on any atom is 0.0550 e. The van der Waals surface area contributed by atoms with Gasteiger partial charge in [0.25, 0.3) is 0 Å². The number of rotatable bonds is 3. The van der Waals surface area contributed by atoms with Crippen molar-refractivity contribution in [3.05, 3.63) is 24.0 Å². The Morgan fingerprint density at radius 3 is 2.37 bits per heavy atom. The minimum absolute atomic E-state index is 0.544. The van der Waals surface area contributed by atoms with Gasteiger partial charge in [0.05, 0.1) is 5.69 Å². The summed E-state index contributed by atoms with van der Waals surface area (Å²) in [6.07, 6.45) is 10.8. The summed E-state index contributed by atoms with van der Waals surface area (Å²) in [5.41, 5.74) is 6.73. The minimum Gasteiger partial charge on any atom is -0.325 e. The van der Waals surface area contributed by atoms with E-state index < -0.39 is 0 Å². The quantitative estimate of drug-likeness (QED) is 0.915. The Balaban J connectivity index is 1.58. The SMILES string of the molecule is NCc1cc(SC23CC4CC(CC(C4)C2)C3)ccn1. The van der Waals surface area contributed by atoms with Crippen molar-refractivity contribution in [1.82, 2.24) is 4.98 Å². The highest BCUT2D eigenvalue weighted by Crippen LogP contribution is 2.61. The number of hydrogen-bond donors (Lipinski definition) is 1. The second-order valence-corrected chi connectivity index (χ2v) is 8.43. The minimum atomic E-state index is 0.544. The summed E-state index contributed by atoms with van der Waals surface area (Å²) in [4.78, 5) is 5.70. The van der Waals surface area contributed by atoms with Crippen LogP contribution in [-0.2, 0) is 6.54 Å². The fourth-order valence-corrected chi connectivity index (χ4v) is 6.82. The van der Waals surface area contributed by atoms with Crippen LogP contribution < -0.4 is 5.73 Å². The van der Waals surface area contributed by atoms with Crippen LogP contribution in [-0.4, -0.2) is 9.73 Å². The van der Waals surface area contributed by atoms with Gasteiger partial charge in [-0.3, -0.25) is 4.98 Å². The van der Waals surface area contributed by atoms with Crippen molar-refractivity contribution in [3.63, 3.8) is 0 Å². The fraction of sp³-hybridized carbons (Fsp3) is 0.688. The standard InChI is InChI=1S/C16H22N2S/c17-10-14-6-15(1-2-18-14)19-16-7-11-3-12(8-16)5-13(4-11)9-16/h1-2,6,11-13H,3-5,7-10,17H2. The largest absolute Gasteiger partial charge is 0.325 e. The van der Waals surface area contributed by atoms with Gasteiger partial charge in [0.1, 0.15) is 0 Å². The molecule has 5 rings (SSSR count). The van der Waals surface area contributed by atoms with Crippen LogP contribution in [0.5, 0.6) is 0 Å². The molecule has 0 aliphatic heterocycles. The van der Waals surface area contributed by atoms with Gasteiger partial charge in [-0.05, 0) is 68.4 Å². The Kier molecular flexibility index (Phi) is 2.89. The molecule has 0 radical (unpaired) electrons. The highest BCUT2D eigenvalue weighted by molar-refractivity contribution is 8.00. The number of thioether (sulfide) groups is 1. The van der Waals surface area contributed by atoms with Gasteiger partial charge in [0.2, 0.25) is 0 Å². The van der Waals surface area contributed by atoms with E-state index >= 15 is 0 Å². The number of nitrogens with two attached hydrogens (primary N) is 1. The lowest BCUT2D eigenvalue weighted by Crippen LogP contribution is -2.48. The zero-order valence-corrected chi connectivity index (χ0v) is 12.2. The van der Waals surface area contributed by atoms with Crippen molar-refractivity contribution < 1.29 is 0 Å². The second kappa shape index (κ2) is 4.49. The van der Waals surface area contributed by atoms with Gasteiger partial charge in [-0.1, -0.05) is 0 Å². The van der Waals surface area contributed by atoms with Gasteiger partial charge >= 0.3 is 0 Å². The molecule has 0 atom stereocenters. The first kappa shape index (κ1) is 12.2. The van der Waals surface area contributed by atoms with Crippen molar-refractivity contribution in [2.75, 3.05) is 0 Å². The third-order valence-corrected chi connectivity index (χ3v) is 6.74. The predicted molar refractivity (Wildman–Crippen MR) is 78.9 cm³/mol. The van der Waals surface area contributed by atoms with Gasteiger partial charge in [-0.2, -0.15) is 0 Å². The molecule has 2 N–H and O–H groups in total. The van der Waals surface area contributed by atoms with Gasteiger partial charge in [0, 0.05) is 22.4 Å². The molecule has 0 amide bonds. The van der Waals surface area contributed by atoms with E-state index in [1.165, 1.54) is 43.4 Å². The number of nitrogens with zero attached hydrogens (tertiary/aromatic N) is 1. The Morgan fingerprint density at radius 2 is 1.79 bits per heavy atom. The lowest BCUT2D eigenvalue weighted by molar-refractivity contribution is 0.0383. The molecule has 0 spiro atoms. The number of aromatic nitrogens is 1. The zero-order valence-electron chi connectivity index (χ0n) is 11.3. The summed E-state index contributed by atoms with van der Waals surface area (Å²) in [5.74, 6) is 3.07. The van der Waals surface area contributed by atoms with E-state index in [0.717, 1.165) is 23.4 Å². The molecule has 4 saturated carbocycles. The van der Waals surface area contributed by atoms with Crippen LogP contribution in [0.25, 0.3) is 0 Å². The van der Waals surface area contributed by atoms with Crippen molar-refractivity contribution in [2.24, 2.45) is 23.5 Å². The predicted octanol–water partition coefficient (Wildman–Crippen LogP) is 3.60. The van der Waals surface area contributed by atoms with Crippen LogP contribution in [0.15, 0.2) is 23.2 Å². The average Bonchev–Trinajstić information content (AvgIpc) is 2.36. The molecule has 4 aliphatic rings. The summed E-state index contributed by atoms with van der Waals surface area (Å²) < 4.78 is 0.544. The van der Waals surface area contributed by atoms with Crippen LogP contribution in [0.2, 0.25) is 0 Å². The zero-order chi connectivity index (χ0) is 12.9. The Labute approximate surface area is 119 Å². The van der Waals surface area contributed by atoms with Crippen LogP contribution in [0, 0.1) is 17.8 Å². The number of hydrogen-bond acceptors (Lipinski definition) is 3. The summed E-state index contributed by atoms with van der Waals surface area (Å²) in [6.45, 7) is 0.551. The summed E-state index contributed by atoms with van der Waals surface area (Å²) in [5, 5.41) is 0. The normalized spacial score (nSPS) is 39.7. The molecule has 4 fully saturated rings. The maximum atomic E-state index is 5.71. The molecule has 4 bridgehead atoms. The Hall–Kier alpha value is -0.540. The van der Waals surface area contributed by atoms with Crippen molar-refractivity contribution in [2.45, 2.75) is 54.7 Å². The molecule has 102 valence electrons. The lowest BCUT2D eigenvalue weighted by Gasteiger charge is -2.56. The van der Waals surface area contributed by atoms with E-state index in [9.17, 15) is 0 Å². The van der Waals surface area contributed by atoms with Crippen LogP contribution in [0.1, 0.15) is 44.2 Å². The molecule has 0 unspecified atom stereocenters. The Morgan fingerprint density at radius 1 is 1.16 bits per heavy atom. The van der Waals surface area contributed by atoms with E-state index in [1.54, 1.807) is 0 Å². The summed E-state index contributed by atoms with van der Waals surface area (Å²) in [7, 11) is 0. The third kappa shape index (κ3) is 2.21. The molecular formula is C16H22N2S. The maximum absolute atomic E-state index is 5.71. The molecule has 4 aliphatic carbocycles. The first-order valence-electron chi connectivity index (χ1n) is 7.59. The highest BCUT2D eigenvalue weighted by atomic mass is 32.2. The van der Waals surface area contributed by atoms with E-state index in [1.807, 2.05) is 6.20 Å². The molecule has 0 saturated heterocycles. The van der Waals surface area contributed by atoms with Gasteiger partial charge in [-0.25, -0.2) is 0 Å². The highest BCUT2D eigenvalue weighted by Gasteiger charge is 2.51. The molecule has 1 aromatic rings. The first-order valence-corrected chi connectivity index (χ1v) is 8.40. The van der Waals surface area contributed by atoms with Crippen molar-refractivity contribution in [3.8, 4) is 0 Å². The topological polar surface area (TPSA) is 38.9 Å². The van der Waals surface area contributed by atoms with Gasteiger partial charge < -0.3 is 5.73 Å². The van der Waals surface area contributed by atoms with E-state index in [2.05, 4.69) is 28.9 Å². The van der Waals surface area contributed by atoms with Gasteiger partial charge in [0.15, 0.2) is 0 Å². The number of pyridine rings is 1. The smallest absolute Gasteiger partial charge is 0.0550 e. The molecular weight excluding hydrogens is 252 g/mol. The second-order valence-electron chi connectivity index (χ2n) is 6.89. The first-order chi connectivity index (χ1) is 9.25. The average molecular weight is 274 g/mol. The molecule has 19 heavy (non-hydrogen) atoms. The molecule has 1 aromatic heterocycles. The van der Waals surface area contributed by atoms with Crippen molar-refractivity contribution >= 4 is 11.8 Å². The van der Waals surface area contributed by atoms with E-state index in [-0.39, 0.29) is 0 Å². The lowest BCUT2D eigenvalue weighted by atomic mass is 9.56. The van der Waals surface area contributed by atoms with E-state index in [4.69, 9.17) is 5.73 Å². The molecule has 0 aromatic carbocycles. The monoisotopic (exact) mass is 274 g/mol. The third-order valence-electron chi connectivity index (χ3n) is 5.31. The fourth-order valence-electron chi connectivity index (χ4n) is 5.04. The van der Waals surface area contributed by atoms with Crippen LogP contribution in [0.4, 0.5) is 0 Å². The van der Waals surface area contributed by atoms with Crippen LogP contribution >= 0.6 is 11.8 Å². The Bertz CT molecular complexity index is 450. The van der Waals surface area contributed by atoms with E-state index in [0.29, 0.717) is 11.3 Å².